The highest BCUT2D eigenvalue weighted by Gasteiger charge is 2.49. The monoisotopic (exact) mass is 337 g/mol. The predicted molar refractivity (Wildman–Crippen MR) is 100 cm³/mol. The molecule has 1 aliphatic rings. The van der Waals surface area contributed by atoms with E-state index in [1.807, 2.05) is 24.3 Å². The van der Waals surface area contributed by atoms with Crippen molar-refractivity contribution in [1.29, 1.82) is 0 Å². The molecule has 2 N–H and O–H groups in total. The lowest BCUT2D eigenvalue weighted by Gasteiger charge is -2.38. The number of nitrogens with two attached hydrogens (primary N) is 1. The molecule has 0 radical (unpaired) electrons. The molecule has 1 amide bonds. The molecule has 3 heteroatoms. The molecule has 2 aromatic rings. The average molecular weight is 337 g/mol. The minimum absolute atomic E-state index is 0.174. The van der Waals surface area contributed by atoms with Gasteiger partial charge in [-0.2, -0.15) is 0 Å². The normalized spacial score (nSPS) is 17.6. The first-order chi connectivity index (χ1) is 12.1. The van der Waals surface area contributed by atoms with Gasteiger partial charge < -0.3 is 10.5 Å². The van der Waals surface area contributed by atoms with Gasteiger partial charge in [-0.25, -0.2) is 0 Å². The minimum atomic E-state index is -0.299. The highest BCUT2D eigenvalue weighted by atomic mass is 16.5. The lowest BCUT2D eigenvalue weighted by Crippen LogP contribution is -2.43. The summed E-state index contributed by atoms with van der Waals surface area (Å²) in [4.78, 5) is 11.7. The van der Waals surface area contributed by atoms with Crippen LogP contribution in [0.15, 0.2) is 60.7 Å². The third-order valence-electron chi connectivity index (χ3n) is 5.43. The number of carbonyl (C=O) groups excluding carboxylic acids is 1. The highest BCUT2D eigenvalue weighted by Crippen LogP contribution is 2.50. The van der Waals surface area contributed by atoms with E-state index in [-0.39, 0.29) is 23.8 Å². The molecule has 3 nitrogen and oxygen atoms in total. The molecule has 3 rings (SSSR count). The van der Waals surface area contributed by atoms with Gasteiger partial charge in [-0.3, -0.25) is 4.79 Å². The van der Waals surface area contributed by atoms with Crippen molar-refractivity contribution in [3.63, 3.8) is 0 Å². The van der Waals surface area contributed by atoms with Crippen LogP contribution in [0.4, 0.5) is 0 Å². The van der Waals surface area contributed by atoms with E-state index < -0.39 is 0 Å². The molecule has 1 saturated carbocycles. The largest absolute Gasteiger partial charge is 0.376 e. The van der Waals surface area contributed by atoms with Gasteiger partial charge in [0.05, 0.1) is 19.1 Å². The zero-order chi connectivity index (χ0) is 17.7. The fourth-order valence-corrected chi connectivity index (χ4v) is 3.76. The van der Waals surface area contributed by atoms with E-state index in [1.54, 1.807) is 0 Å². The fraction of sp³-hybridized carbons (Fsp3) is 0.409. The first-order valence-corrected chi connectivity index (χ1v) is 9.10. The Morgan fingerprint density at radius 1 is 1.12 bits per heavy atom. The Morgan fingerprint density at radius 3 is 2.28 bits per heavy atom. The summed E-state index contributed by atoms with van der Waals surface area (Å²) >= 11 is 0. The number of hydrogen-bond donors (Lipinski definition) is 1. The SMILES string of the molecule is CC(c1ccccc1)(C1CC1)C(CC(N)=O)OCCc1ccccc1. The summed E-state index contributed by atoms with van der Waals surface area (Å²) in [6, 6.07) is 20.7. The molecule has 2 unspecified atom stereocenters. The Kier molecular flexibility index (Phi) is 5.54. The maximum Gasteiger partial charge on any atom is 0.220 e. The van der Waals surface area contributed by atoms with Crippen LogP contribution in [0.2, 0.25) is 0 Å². The molecule has 0 aliphatic heterocycles. The Labute approximate surface area is 150 Å². The van der Waals surface area contributed by atoms with Gasteiger partial charge in [0.1, 0.15) is 0 Å². The smallest absolute Gasteiger partial charge is 0.220 e. The summed E-state index contributed by atoms with van der Waals surface area (Å²) in [6.07, 6.45) is 3.27. The van der Waals surface area contributed by atoms with E-state index in [0.29, 0.717) is 12.5 Å². The molecule has 25 heavy (non-hydrogen) atoms. The van der Waals surface area contributed by atoms with Gasteiger partial charge in [0.15, 0.2) is 0 Å². The standard InChI is InChI=1S/C22H27NO2/c1-22(19-12-13-19,18-10-6-3-7-11-18)20(16-21(23)24)25-15-14-17-8-4-2-5-9-17/h2-11,19-20H,12-16H2,1H3,(H2,23,24). The second-order valence-corrected chi connectivity index (χ2v) is 7.19. The number of carbonyl (C=O) groups is 1. The maximum atomic E-state index is 11.7. The van der Waals surface area contributed by atoms with Crippen LogP contribution in [-0.4, -0.2) is 18.6 Å². The van der Waals surface area contributed by atoms with Crippen molar-refractivity contribution in [2.75, 3.05) is 6.61 Å². The van der Waals surface area contributed by atoms with Crippen LogP contribution in [-0.2, 0) is 21.4 Å². The van der Waals surface area contributed by atoms with Crippen molar-refractivity contribution < 1.29 is 9.53 Å². The van der Waals surface area contributed by atoms with Crippen molar-refractivity contribution in [3.8, 4) is 0 Å². The zero-order valence-electron chi connectivity index (χ0n) is 14.9. The summed E-state index contributed by atoms with van der Waals surface area (Å²) in [5, 5.41) is 0. The molecule has 0 saturated heterocycles. The van der Waals surface area contributed by atoms with E-state index >= 15 is 0 Å². The Morgan fingerprint density at radius 2 is 1.72 bits per heavy atom. The highest BCUT2D eigenvalue weighted by molar-refractivity contribution is 5.74. The molecule has 0 bridgehead atoms. The first kappa shape index (κ1) is 17.7. The predicted octanol–water partition coefficient (Wildman–Crippen LogP) is 3.86. The van der Waals surface area contributed by atoms with Crippen LogP contribution < -0.4 is 5.73 Å². The summed E-state index contributed by atoms with van der Waals surface area (Å²) in [7, 11) is 0. The van der Waals surface area contributed by atoms with Crippen LogP contribution in [0.5, 0.6) is 0 Å². The minimum Gasteiger partial charge on any atom is -0.376 e. The molecule has 0 aromatic heterocycles. The van der Waals surface area contributed by atoms with Crippen LogP contribution in [0, 0.1) is 5.92 Å². The van der Waals surface area contributed by atoms with Crippen molar-refractivity contribution in [1.82, 2.24) is 0 Å². The maximum absolute atomic E-state index is 11.7. The van der Waals surface area contributed by atoms with Crippen molar-refractivity contribution in [3.05, 3.63) is 71.8 Å². The first-order valence-electron chi connectivity index (χ1n) is 9.10. The molecule has 1 aliphatic carbocycles. The molecule has 2 aromatic carbocycles. The number of ether oxygens (including phenoxy) is 1. The average Bonchev–Trinajstić information content (AvgIpc) is 3.47. The zero-order valence-corrected chi connectivity index (χ0v) is 14.9. The van der Waals surface area contributed by atoms with Gasteiger partial charge in [-0.05, 0) is 36.3 Å². The number of primary amides is 1. The fourth-order valence-electron chi connectivity index (χ4n) is 3.76. The Bertz CT molecular complexity index is 682. The molecular weight excluding hydrogens is 310 g/mol. The van der Waals surface area contributed by atoms with Crippen LogP contribution in [0.3, 0.4) is 0 Å². The van der Waals surface area contributed by atoms with Gasteiger partial charge in [0, 0.05) is 5.41 Å². The van der Waals surface area contributed by atoms with Gasteiger partial charge >= 0.3 is 0 Å². The van der Waals surface area contributed by atoms with Gasteiger partial charge in [-0.1, -0.05) is 67.6 Å². The Hall–Kier alpha value is -2.13. The van der Waals surface area contributed by atoms with Crippen LogP contribution in [0.25, 0.3) is 0 Å². The quantitative estimate of drug-likeness (QED) is 0.755. The van der Waals surface area contributed by atoms with E-state index in [1.165, 1.54) is 24.0 Å². The van der Waals surface area contributed by atoms with E-state index in [2.05, 4.69) is 43.3 Å². The van der Waals surface area contributed by atoms with E-state index in [0.717, 1.165) is 6.42 Å². The van der Waals surface area contributed by atoms with E-state index in [4.69, 9.17) is 10.5 Å². The van der Waals surface area contributed by atoms with Crippen molar-refractivity contribution in [2.45, 2.75) is 44.1 Å². The van der Waals surface area contributed by atoms with Crippen molar-refractivity contribution in [2.24, 2.45) is 11.7 Å². The number of amides is 1. The lowest BCUT2D eigenvalue weighted by atomic mass is 9.72. The van der Waals surface area contributed by atoms with Gasteiger partial charge in [0.2, 0.25) is 5.91 Å². The number of rotatable bonds is 9. The summed E-state index contributed by atoms with van der Waals surface area (Å²) < 4.78 is 6.28. The summed E-state index contributed by atoms with van der Waals surface area (Å²) in [6.45, 7) is 2.83. The molecule has 0 spiro atoms. The third kappa shape index (κ3) is 4.29. The number of benzene rings is 2. The molecule has 1 fully saturated rings. The van der Waals surface area contributed by atoms with Crippen LogP contribution in [0.1, 0.15) is 37.3 Å². The lowest BCUT2D eigenvalue weighted by molar-refractivity contribution is -0.122. The topological polar surface area (TPSA) is 52.3 Å². The summed E-state index contributed by atoms with van der Waals surface area (Å²) in [5.74, 6) is 0.253. The molecular formula is C22H27NO2. The summed E-state index contributed by atoms with van der Waals surface area (Å²) in [5.41, 5.74) is 7.86. The molecule has 0 heterocycles. The molecule has 2 atom stereocenters. The second kappa shape index (κ2) is 7.83. The molecule has 132 valence electrons. The van der Waals surface area contributed by atoms with E-state index in [9.17, 15) is 4.79 Å². The number of hydrogen-bond acceptors (Lipinski definition) is 2. The van der Waals surface area contributed by atoms with Crippen molar-refractivity contribution >= 4 is 5.91 Å². The second-order valence-electron chi connectivity index (χ2n) is 7.19. The third-order valence-corrected chi connectivity index (χ3v) is 5.43. The van der Waals surface area contributed by atoms with Crippen LogP contribution >= 0.6 is 0 Å². The van der Waals surface area contributed by atoms with Gasteiger partial charge in [-0.15, -0.1) is 0 Å². The Balaban J connectivity index is 1.77. The van der Waals surface area contributed by atoms with Gasteiger partial charge in [0.25, 0.3) is 0 Å².